The number of aromatic nitrogens is 2. The van der Waals surface area contributed by atoms with Crippen molar-refractivity contribution in [1.82, 2.24) is 9.97 Å². The Morgan fingerprint density at radius 2 is 2.07 bits per heavy atom. The van der Waals surface area contributed by atoms with Crippen molar-refractivity contribution in [2.45, 2.75) is 0 Å². The first-order valence-electron chi connectivity index (χ1n) is 8.61. The molecule has 1 aliphatic rings. The van der Waals surface area contributed by atoms with E-state index in [2.05, 4.69) is 20.2 Å². The number of amides is 1. The van der Waals surface area contributed by atoms with Gasteiger partial charge in [-0.2, -0.15) is 0 Å². The predicted molar refractivity (Wildman–Crippen MR) is 108 cm³/mol. The van der Waals surface area contributed by atoms with Crippen LogP contribution in [0, 0.1) is 5.82 Å². The van der Waals surface area contributed by atoms with E-state index >= 15 is 0 Å². The van der Waals surface area contributed by atoms with Crippen LogP contribution in [-0.4, -0.2) is 42.2 Å². The third-order valence-electron chi connectivity index (χ3n) is 4.24. The van der Waals surface area contributed by atoms with Crippen LogP contribution >= 0.6 is 22.9 Å². The molecule has 0 atom stereocenters. The minimum absolute atomic E-state index is 0.0172. The zero-order valence-electron chi connectivity index (χ0n) is 14.7. The summed E-state index contributed by atoms with van der Waals surface area (Å²) in [7, 11) is 0. The zero-order valence-corrected chi connectivity index (χ0v) is 16.3. The number of benzene rings is 1. The first kappa shape index (κ1) is 18.8. The molecular formula is C19H16ClFN4O2S. The number of nitrogens with one attached hydrogen (secondary N) is 1. The Kier molecular flexibility index (Phi) is 5.52. The number of carbonyl (C=O) groups is 1. The minimum Gasteiger partial charge on any atom is -0.378 e. The van der Waals surface area contributed by atoms with Crippen molar-refractivity contribution >= 4 is 40.4 Å². The van der Waals surface area contributed by atoms with Gasteiger partial charge < -0.3 is 15.0 Å². The molecule has 9 heteroatoms. The Bertz CT molecular complexity index is 990. The summed E-state index contributed by atoms with van der Waals surface area (Å²) in [6.45, 7) is 3.02. The summed E-state index contributed by atoms with van der Waals surface area (Å²) in [5.74, 6) is -0.171. The van der Waals surface area contributed by atoms with Gasteiger partial charge in [0.1, 0.15) is 22.3 Å². The molecule has 0 saturated carbocycles. The van der Waals surface area contributed by atoms with E-state index in [4.69, 9.17) is 16.3 Å². The molecule has 4 rings (SSSR count). The van der Waals surface area contributed by atoms with Gasteiger partial charge in [-0.3, -0.25) is 4.79 Å². The van der Waals surface area contributed by atoms with Crippen LogP contribution in [0.1, 0.15) is 10.5 Å². The number of anilines is 2. The van der Waals surface area contributed by atoms with E-state index in [1.165, 1.54) is 29.5 Å². The second-order valence-electron chi connectivity index (χ2n) is 6.12. The first-order valence-corrected chi connectivity index (χ1v) is 9.87. The number of halogens is 2. The highest BCUT2D eigenvalue weighted by atomic mass is 35.5. The smallest absolute Gasteiger partial charge is 0.275 e. The third kappa shape index (κ3) is 4.14. The number of pyridine rings is 1. The molecule has 0 aliphatic carbocycles. The summed E-state index contributed by atoms with van der Waals surface area (Å²) >= 11 is 7.18. The third-order valence-corrected chi connectivity index (χ3v) is 5.37. The van der Waals surface area contributed by atoms with Crippen LogP contribution in [0.4, 0.5) is 15.9 Å². The molecular weight excluding hydrogens is 403 g/mol. The van der Waals surface area contributed by atoms with Gasteiger partial charge in [0.25, 0.3) is 5.91 Å². The molecule has 0 radical (unpaired) electrons. The number of hydrogen-bond donors (Lipinski definition) is 1. The Morgan fingerprint density at radius 1 is 1.25 bits per heavy atom. The number of ether oxygens (including phenoxy) is 1. The summed E-state index contributed by atoms with van der Waals surface area (Å²) in [5.41, 5.74) is 1.04. The van der Waals surface area contributed by atoms with E-state index in [-0.39, 0.29) is 11.4 Å². The van der Waals surface area contributed by atoms with E-state index in [9.17, 15) is 9.18 Å². The van der Waals surface area contributed by atoms with Crippen LogP contribution in [0.2, 0.25) is 5.02 Å². The molecule has 3 heterocycles. The Balaban J connectivity index is 1.47. The molecule has 1 aromatic carbocycles. The molecule has 3 aromatic rings. The van der Waals surface area contributed by atoms with E-state index in [1.54, 1.807) is 11.6 Å². The maximum atomic E-state index is 13.8. The minimum atomic E-state index is -0.559. The number of hydrogen-bond acceptors (Lipinski definition) is 6. The van der Waals surface area contributed by atoms with E-state index in [0.717, 1.165) is 24.5 Å². The lowest BCUT2D eigenvalue weighted by atomic mass is 10.2. The number of rotatable bonds is 4. The molecule has 0 spiro atoms. The van der Waals surface area contributed by atoms with Crippen LogP contribution in [0.25, 0.3) is 10.6 Å². The van der Waals surface area contributed by atoms with Crippen LogP contribution < -0.4 is 10.2 Å². The van der Waals surface area contributed by atoms with Gasteiger partial charge in [-0.1, -0.05) is 11.6 Å². The maximum absolute atomic E-state index is 13.8. The molecule has 144 valence electrons. The lowest BCUT2D eigenvalue weighted by Crippen LogP contribution is -2.36. The number of morpholine rings is 1. The van der Waals surface area contributed by atoms with Crippen molar-refractivity contribution in [3.05, 3.63) is 58.4 Å². The lowest BCUT2D eigenvalue weighted by Gasteiger charge is -2.27. The summed E-state index contributed by atoms with van der Waals surface area (Å²) in [5, 5.41) is 5.12. The van der Waals surface area contributed by atoms with E-state index in [1.807, 2.05) is 12.1 Å². The van der Waals surface area contributed by atoms with Gasteiger partial charge in [0.05, 0.1) is 18.9 Å². The molecule has 6 nitrogen and oxygen atoms in total. The van der Waals surface area contributed by atoms with Gasteiger partial charge >= 0.3 is 0 Å². The van der Waals surface area contributed by atoms with Gasteiger partial charge in [-0.25, -0.2) is 14.4 Å². The molecule has 1 saturated heterocycles. The van der Waals surface area contributed by atoms with Gasteiger partial charge in [0, 0.05) is 35.3 Å². The standard InChI is InChI=1S/C19H16ClFN4O2S/c20-13-2-3-14(21)15(9-13)23-18(26)16-11-28-19(24-16)12-1-4-17(22-10-12)25-5-7-27-8-6-25/h1-4,9-11H,5-8H2,(H,23,26). The number of thiazole rings is 1. The second-order valence-corrected chi connectivity index (χ2v) is 7.42. The van der Waals surface area contributed by atoms with Crippen molar-refractivity contribution in [3.8, 4) is 10.6 Å². The Hall–Kier alpha value is -2.55. The molecule has 1 fully saturated rings. The molecule has 2 aromatic heterocycles. The lowest BCUT2D eigenvalue weighted by molar-refractivity contribution is 0.102. The summed E-state index contributed by atoms with van der Waals surface area (Å²) < 4.78 is 19.1. The largest absolute Gasteiger partial charge is 0.378 e. The van der Waals surface area contributed by atoms with Gasteiger partial charge in [0.2, 0.25) is 0 Å². The molecule has 1 amide bonds. The van der Waals surface area contributed by atoms with Crippen molar-refractivity contribution in [3.63, 3.8) is 0 Å². The van der Waals surface area contributed by atoms with Crippen LogP contribution in [0.5, 0.6) is 0 Å². The van der Waals surface area contributed by atoms with E-state index in [0.29, 0.717) is 23.2 Å². The molecule has 0 unspecified atom stereocenters. The van der Waals surface area contributed by atoms with Gasteiger partial charge in [-0.05, 0) is 30.3 Å². The Morgan fingerprint density at radius 3 is 2.82 bits per heavy atom. The molecule has 0 bridgehead atoms. The normalized spacial score (nSPS) is 14.1. The Labute approximate surface area is 169 Å². The van der Waals surface area contributed by atoms with Crippen LogP contribution in [0.15, 0.2) is 41.9 Å². The number of carbonyl (C=O) groups excluding carboxylic acids is 1. The van der Waals surface area contributed by atoms with Crippen LogP contribution in [0.3, 0.4) is 0 Å². The summed E-state index contributed by atoms with van der Waals surface area (Å²) in [6.07, 6.45) is 1.74. The predicted octanol–water partition coefficient (Wildman–Crippen LogP) is 4.09. The van der Waals surface area contributed by atoms with Gasteiger partial charge in [0.15, 0.2) is 0 Å². The number of nitrogens with zero attached hydrogens (tertiary/aromatic N) is 3. The first-order chi connectivity index (χ1) is 13.6. The molecule has 1 aliphatic heterocycles. The maximum Gasteiger partial charge on any atom is 0.275 e. The average molecular weight is 419 g/mol. The highest BCUT2D eigenvalue weighted by Crippen LogP contribution is 2.26. The van der Waals surface area contributed by atoms with Gasteiger partial charge in [-0.15, -0.1) is 11.3 Å². The second kappa shape index (κ2) is 8.22. The quantitative estimate of drug-likeness (QED) is 0.691. The highest BCUT2D eigenvalue weighted by Gasteiger charge is 2.16. The average Bonchev–Trinajstić information content (AvgIpc) is 3.22. The SMILES string of the molecule is O=C(Nc1cc(Cl)ccc1F)c1csc(-c2ccc(N3CCOCC3)nc2)n1. The van der Waals surface area contributed by atoms with Crippen molar-refractivity contribution in [2.75, 3.05) is 36.5 Å². The van der Waals surface area contributed by atoms with Crippen molar-refractivity contribution in [2.24, 2.45) is 0 Å². The van der Waals surface area contributed by atoms with Crippen LogP contribution in [-0.2, 0) is 4.74 Å². The fourth-order valence-corrected chi connectivity index (χ4v) is 3.75. The van der Waals surface area contributed by atoms with Crippen molar-refractivity contribution in [1.29, 1.82) is 0 Å². The summed E-state index contributed by atoms with van der Waals surface area (Å²) in [6, 6.07) is 7.83. The summed E-state index contributed by atoms with van der Waals surface area (Å²) in [4.78, 5) is 23.4. The van der Waals surface area contributed by atoms with Crippen molar-refractivity contribution < 1.29 is 13.9 Å². The highest BCUT2D eigenvalue weighted by molar-refractivity contribution is 7.13. The van der Waals surface area contributed by atoms with E-state index < -0.39 is 11.7 Å². The topological polar surface area (TPSA) is 67.4 Å². The fraction of sp³-hybridized carbons (Fsp3) is 0.211. The molecule has 1 N–H and O–H groups in total. The zero-order chi connectivity index (χ0) is 19.5. The monoisotopic (exact) mass is 418 g/mol. The molecule has 28 heavy (non-hydrogen) atoms. The fourth-order valence-electron chi connectivity index (χ4n) is 2.78.